The Morgan fingerprint density at radius 1 is 1.26 bits per heavy atom. The standard InChI is InChI=1S/C16H23NO2/c1-11-6-7-16(19-11)14(17)10-12-8-9-18-15-5-3-2-4-13(12)15/h2-5,11-12,14,16H,6-10,17H2,1H3. The minimum atomic E-state index is 0.140. The summed E-state index contributed by atoms with van der Waals surface area (Å²) in [5, 5.41) is 0. The van der Waals surface area contributed by atoms with Crippen LogP contribution < -0.4 is 10.5 Å². The first-order chi connectivity index (χ1) is 9.24. The Morgan fingerprint density at radius 2 is 2.11 bits per heavy atom. The summed E-state index contributed by atoms with van der Waals surface area (Å²) in [6, 6.07) is 8.48. The first-order valence-corrected chi connectivity index (χ1v) is 7.37. The Balaban J connectivity index is 1.67. The zero-order valence-electron chi connectivity index (χ0n) is 11.5. The van der Waals surface area contributed by atoms with Gasteiger partial charge < -0.3 is 15.2 Å². The van der Waals surface area contributed by atoms with E-state index in [4.69, 9.17) is 15.2 Å². The Hall–Kier alpha value is -1.06. The van der Waals surface area contributed by atoms with Crippen molar-refractivity contribution in [3.05, 3.63) is 29.8 Å². The van der Waals surface area contributed by atoms with Crippen molar-refractivity contribution < 1.29 is 9.47 Å². The molecule has 1 saturated heterocycles. The molecule has 0 bridgehead atoms. The number of hydrogen-bond acceptors (Lipinski definition) is 3. The average molecular weight is 261 g/mol. The minimum Gasteiger partial charge on any atom is -0.493 e. The lowest BCUT2D eigenvalue weighted by molar-refractivity contribution is 0.0363. The molecule has 1 aromatic carbocycles. The number of nitrogens with two attached hydrogens (primary N) is 1. The molecule has 2 heterocycles. The molecule has 3 nitrogen and oxygen atoms in total. The largest absolute Gasteiger partial charge is 0.493 e. The van der Waals surface area contributed by atoms with Gasteiger partial charge in [-0.1, -0.05) is 18.2 Å². The first kappa shape index (κ1) is 12.9. The summed E-state index contributed by atoms with van der Waals surface area (Å²) in [5.41, 5.74) is 7.68. The van der Waals surface area contributed by atoms with Gasteiger partial charge in [0.1, 0.15) is 5.75 Å². The van der Waals surface area contributed by atoms with E-state index in [2.05, 4.69) is 25.1 Å². The lowest BCUT2D eigenvalue weighted by atomic mass is 9.86. The van der Waals surface area contributed by atoms with E-state index in [9.17, 15) is 0 Å². The fourth-order valence-corrected chi connectivity index (χ4v) is 3.29. The summed E-state index contributed by atoms with van der Waals surface area (Å²) in [4.78, 5) is 0. The zero-order chi connectivity index (χ0) is 13.2. The van der Waals surface area contributed by atoms with E-state index in [1.54, 1.807) is 0 Å². The van der Waals surface area contributed by atoms with Crippen LogP contribution in [0.4, 0.5) is 0 Å². The van der Waals surface area contributed by atoms with Gasteiger partial charge in [-0.2, -0.15) is 0 Å². The highest BCUT2D eigenvalue weighted by molar-refractivity contribution is 5.37. The summed E-state index contributed by atoms with van der Waals surface area (Å²) in [5.74, 6) is 1.55. The van der Waals surface area contributed by atoms with Gasteiger partial charge in [0.05, 0.1) is 18.8 Å². The van der Waals surface area contributed by atoms with Crippen molar-refractivity contribution in [3.8, 4) is 5.75 Å². The zero-order valence-corrected chi connectivity index (χ0v) is 11.5. The third kappa shape index (κ3) is 2.77. The molecule has 1 fully saturated rings. The number of para-hydroxylation sites is 1. The van der Waals surface area contributed by atoms with E-state index in [1.807, 2.05) is 6.07 Å². The van der Waals surface area contributed by atoms with Crippen LogP contribution in [0.15, 0.2) is 24.3 Å². The minimum absolute atomic E-state index is 0.140. The van der Waals surface area contributed by atoms with Crippen LogP contribution in [0.5, 0.6) is 5.75 Å². The summed E-state index contributed by atoms with van der Waals surface area (Å²) in [6.45, 7) is 2.94. The molecule has 4 unspecified atom stereocenters. The van der Waals surface area contributed by atoms with E-state index in [-0.39, 0.29) is 12.1 Å². The molecule has 0 aliphatic carbocycles. The molecule has 4 atom stereocenters. The van der Waals surface area contributed by atoms with E-state index >= 15 is 0 Å². The number of hydrogen-bond donors (Lipinski definition) is 1. The summed E-state index contributed by atoms with van der Waals surface area (Å²) < 4.78 is 11.6. The molecule has 2 N–H and O–H groups in total. The third-order valence-electron chi connectivity index (χ3n) is 4.38. The summed E-state index contributed by atoms with van der Waals surface area (Å²) >= 11 is 0. The molecule has 0 amide bonds. The molecular formula is C16H23NO2. The molecule has 2 aliphatic rings. The molecule has 0 aromatic heterocycles. The molecule has 3 heteroatoms. The van der Waals surface area contributed by atoms with Gasteiger partial charge >= 0.3 is 0 Å². The number of rotatable bonds is 3. The quantitative estimate of drug-likeness (QED) is 0.910. The van der Waals surface area contributed by atoms with Crippen LogP contribution in [0.25, 0.3) is 0 Å². The molecular weight excluding hydrogens is 238 g/mol. The van der Waals surface area contributed by atoms with Crippen molar-refractivity contribution in [3.63, 3.8) is 0 Å². The van der Waals surface area contributed by atoms with Gasteiger partial charge in [-0.15, -0.1) is 0 Å². The van der Waals surface area contributed by atoms with Crippen LogP contribution >= 0.6 is 0 Å². The third-order valence-corrected chi connectivity index (χ3v) is 4.38. The molecule has 104 valence electrons. The van der Waals surface area contributed by atoms with Crippen molar-refractivity contribution in [2.24, 2.45) is 5.73 Å². The smallest absolute Gasteiger partial charge is 0.122 e. The summed E-state index contributed by atoms with van der Waals surface area (Å²) in [6.07, 6.45) is 4.92. The van der Waals surface area contributed by atoms with Crippen LogP contribution in [0.2, 0.25) is 0 Å². The maximum absolute atomic E-state index is 6.36. The van der Waals surface area contributed by atoms with E-state index in [1.165, 1.54) is 5.56 Å². The predicted molar refractivity (Wildman–Crippen MR) is 75.5 cm³/mol. The van der Waals surface area contributed by atoms with Crippen molar-refractivity contribution in [2.45, 2.75) is 56.8 Å². The fourth-order valence-electron chi connectivity index (χ4n) is 3.29. The normalized spacial score (nSPS) is 31.6. The number of fused-ring (bicyclic) bond motifs is 1. The molecule has 0 saturated carbocycles. The topological polar surface area (TPSA) is 44.5 Å². The van der Waals surface area contributed by atoms with Gasteiger partial charge in [0.2, 0.25) is 0 Å². The highest BCUT2D eigenvalue weighted by atomic mass is 16.5. The Kier molecular flexibility index (Phi) is 3.76. The number of ether oxygens (including phenoxy) is 2. The molecule has 1 aromatic rings. The van der Waals surface area contributed by atoms with Gasteiger partial charge in [0.25, 0.3) is 0 Å². The molecule has 19 heavy (non-hydrogen) atoms. The maximum atomic E-state index is 6.36. The Morgan fingerprint density at radius 3 is 2.89 bits per heavy atom. The van der Waals surface area contributed by atoms with Gasteiger partial charge in [0, 0.05) is 6.04 Å². The van der Waals surface area contributed by atoms with Gasteiger partial charge in [-0.05, 0) is 50.2 Å². The molecule has 2 aliphatic heterocycles. The fraction of sp³-hybridized carbons (Fsp3) is 0.625. The van der Waals surface area contributed by atoms with Crippen molar-refractivity contribution in [2.75, 3.05) is 6.61 Å². The molecule has 3 rings (SSSR count). The lowest BCUT2D eigenvalue weighted by Crippen LogP contribution is -2.36. The maximum Gasteiger partial charge on any atom is 0.122 e. The highest BCUT2D eigenvalue weighted by Crippen LogP contribution is 2.37. The summed E-state index contributed by atoms with van der Waals surface area (Å²) in [7, 11) is 0. The first-order valence-electron chi connectivity index (χ1n) is 7.37. The van der Waals surface area contributed by atoms with Crippen LogP contribution in [-0.4, -0.2) is 24.9 Å². The van der Waals surface area contributed by atoms with Crippen LogP contribution in [-0.2, 0) is 4.74 Å². The Labute approximate surface area is 115 Å². The van der Waals surface area contributed by atoms with Gasteiger partial charge in [-0.3, -0.25) is 0 Å². The SMILES string of the molecule is CC1CCC(C(N)CC2CCOc3ccccc32)O1. The van der Waals surface area contributed by atoms with Crippen LogP contribution in [0.1, 0.15) is 44.1 Å². The monoisotopic (exact) mass is 261 g/mol. The predicted octanol–water partition coefficient (Wildman–Crippen LogP) is 2.84. The van der Waals surface area contributed by atoms with E-state index < -0.39 is 0 Å². The van der Waals surface area contributed by atoms with Crippen LogP contribution in [0.3, 0.4) is 0 Å². The second-order valence-electron chi connectivity index (χ2n) is 5.83. The lowest BCUT2D eigenvalue weighted by Gasteiger charge is -2.29. The second-order valence-corrected chi connectivity index (χ2v) is 5.83. The molecule has 0 radical (unpaired) electrons. The van der Waals surface area contributed by atoms with Crippen molar-refractivity contribution in [1.82, 2.24) is 0 Å². The van der Waals surface area contributed by atoms with Crippen molar-refractivity contribution in [1.29, 1.82) is 0 Å². The molecule has 0 spiro atoms. The van der Waals surface area contributed by atoms with Crippen molar-refractivity contribution >= 4 is 0 Å². The van der Waals surface area contributed by atoms with E-state index in [0.717, 1.165) is 38.0 Å². The highest BCUT2D eigenvalue weighted by Gasteiger charge is 2.31. The van der Waals surface area contributed by atoms with Gasteiger partial charge in [0.15, 0.2) is 0 Å². The average Bonchev–Trinajstić information content (AvgIpc) is 2.86. The van der Waals surface area contributed by atoms with Crippen LogP contribution in [0, 0.1) is 0 Å². The second kappa shape index (κ2) is 5.51. The number of benzene rings is 1. The Bertz CT molecular complexity index is 435. The van der Waals surface area contributed by atoms with Gasteiger partial charge in [-0.25, -0.2) is 0 Å². The van der Waals surface area contributed by atoms with E-state index in [0.29, 0.717) is 12.0 Å².